The van der Waals surface area contributed by atoms with Crippen molar-refractivity contribution < 1.29 is 30.7 Å². The van der Waals surface area contributed by atoms with Crippen LogP contribution in [-0.2, 0) is 29.0 Å². The smallest absolute Gasteiger partial charge is 0.416 e. The molecule has 3 atom stereocenters. The van der Waals surface area contributed by atoms with Crippen LogP contribution in [0.15, 0.2) is 36.4 Å². The average Bonchev–Trinajstić information content (AvgIpc) is 3.50. The van der Waals surface area contributed by atoms with E-state index in [0.717, 1.165) is 36.1 Å². The van der Waals surface area contributed by atoms with Crippen LogP contribution < -0.4 is 14.8 Å². The Hall–Kier alpha value is -2.17. The lowest BCUT2D eigenvalue weighted by atomic mass is 9.86. The van der Waals surface area contributed by atoms with E-state index in [1.807, 2.05) is 0 Å². The average molecular weight is 515 g/mol. The van der Waals surface area contributed by atoms with Gasteiger partial charge in [-0.1, -0.05) is 18.2 Å². The third kappa shape index (κ3) is 6.54. The molecule has 0 amide bonds. The third-order valence-electron chi connectivity index (χ3n) is 6.62. The van der Waals surface area contributed by atoms with Crippen LogP contribution >= 0.6 is 0 Å². The van der Waals surface area contributed by atoms with E-state index >= 15 is 0 Å². The molecule has 0 saturated heterocycles. The van der Waals surface area contributed by atoms with Crippen LogP contribution in [-0.4, -0.2) is 34.0 Å². The lowest BCUT2D eigenvalue weighted by Crippen LogP contribution is -2.38. The number of rotatable bonds is 10. The summed E-state index contributed by atoms with van der Waals surface area (Å²) in [6, 6.07) is 8.24. The molecule has 4 rings (SSSR count). The van der Waals surface area contributed by atoms with Crippen LogP contribution in [0.4, 0.5) is 17.6 Å². The summed E-state index contributed by atoms with van der Waals surface area (Å²) in [5.74, 6) is -0.570. The van der Waals surface area contributed by atoms with Gasteiger partial charge in [0.05, 0.1) is 11.3 Å². The highest BCUT2D eigenvalue weighted by Crippen LogP contribution is 2.43. The lowest BCUT2D eigenvalue weighted by Gasteiger charge is -2.22. The van der Waals surface area contributed by atoms with Gasteiger partial charge < -0.3 is 10.1 Å². The molecule has 192 valence electrons. The van der Waals surface area contributed by atoms with Gasteiger partial charge in [0.15, 0.2) is 17.8 Å². The first-order valence-corrected chi connectivity index (χ1v) is 13.4. The largest absolute Gasteiger partial charge is 0.472 e. The van der Waals surface area contributed by atoms with Gasteiger partial charge in [-0.25, -0.2) is 12.8 Å². The molecule has 0 radical (unpaired) electrons. The van der Waals surface area contributed by atoms with Crippen molar-refractivity contribution in [1.82, 2.24) is 10.0 Å². The Morgan fingerprint density at radius 3 is 2.57 bits per heavy atom. The first kappa shape index (κ1) is 25.9. The van der Waals surface area contributed by atoms with Gasteiger partial charge in [0, 0.05) is 0 Å². The highest BCUT2D eigenvalue weighted by Gasteiger charge is 2.35. The highest BCUT2D eigenvalue weighted by molar-refractivity contribution is 7.89. The van der Waals surface area contributed by atoms with Crippen LogP contribution in [0.2, 0.25) is 0 Å². The number of ether oxygens (including phenoxy) is 1. The minimum atomic E-state index is -4.43. The van der Waals surface area contributed by atoms with Gasteiger partial charge >= 0.3 is 6.18 Å². The molecule has 5 nitrogen and oxygen atoms in total. The lowest BCUT2D eigenvalue weighted by molar-refractivity contribution is -0.137. The predicted octanol–water partition coefficient (Wildman–Crippen LogP) is 4.62. The van der Waals surface area contributed by atoms with Crippen LogP contribution in [0.5, 0.6) is 5.75 Å². The SMILES string of the molecule is CNCC1Cc2cc(F)c(OC(C)NS(=O)(=O)CC3CC3)cc2C1Cc1cccc(C(F)(F)F)c1. The second-order valence-corrected chi connectivity index (χ2v) is 11.4. The molecular formula is C25H30F4N2O3S. The topological polar surface area (TPSA) is 67.4 Å². The molecule has 0 heterocycles. The maximum absolute atomic E-state index is 14.9. The zero-order valence-electron chi connectivity index (χ0n) is 19.7. The van der Waals surface area contributed by atoms with Crippen LogP contribution in [0, 0.1) is 17.7 Å². The van der Waals surface area contributed by atoms with Gasteiger partial charge in [0.25, 0.3) is 0 Å². The van der Waals surface area contributed by atoms with Crippen molar-refractivity contribution in [1.29, 1.82) is 0 Å². The molecule has 0 aliphatic heterocycles. The Morgan fingerprint density at radius 1 is 1.17 bits per heavy atom. The molecule has 1 saturated carbocycles. The number of fused-ring (bicyclic) bond motifs is 1. The summed E-state index contributed by atoms with van der Waals surface area (Å²) in [5, 5.41) is 3.12. The number of sulfonamides is 1. The second kappa shape index (κ2) is 10.1. The molecule has 2 aliphatic carbocycles. The molecule has 0 aromatic heterocycles. The van der Waals surface area contributed by atoms with E-state index in [4.69, 9.17) is 4.74 Å². The zero-order chi connectivity index (χ0) is 25.4. The molecule has 2 aromatic carbocycles. The van der Waals surface area contributed by atoms with Gasteiger partial charge in [0.2, 0.25) is 10.0 Å². The summed E-state index contributed by atoms with van der Waals surface area (Å²) in [6.07, 6.45) is -2.69. The summed E-state index contributed by atoms with van der Waals surface area (Å²) >= 11 is 0. The van der Waals surface area contributed by atoms with E-state index in [1.165, 1.54) is 19.1 Å². The summed E-state index contributed by atoms with van der Waals surface area (Å²) in [7, 11) is -1.74. The van der Waals surface area contributed by atoms with Gasteiger partial charge in [-0.2, -0.15) is 17.9 Å². The molecule has 2 aromatic rings. The number of alkyl halides is 3. The maximum atomic E-state index is 14.9. The number of hydrogen-bond donors (Lipinski definition) is 2. The van der Waals surface area contributed by atoms with E-state index in [2.05, 4.69) is 10.0 Å². The third-order valence-corrected chi connectivity index (χ3v) is 8.22. The van der Waals surface area contributed by atoms with Crippen molar-refractivity contribution in [2.45, 2.75) is 50.9 Å². The summed E-state index contributed by atoms with van der Waals surface area (Å²) in [6.45, 7) is 2.12. The Labute approximate surface area is 203 Å². The molecule has 2 N–H and O–H groups in total. The van der Waals surface area contributed by atoms with Crippen molar-refractivity contribution in [3.8, 4) is 5.75 Å². The highest BCUT2D eigenvalue weighted by atomic mass is 32.2. The Kier molecular flexibility index (Phi) is 7.45. The van der Waals surface area contributed by atoms with Gasteiger partial charge in [-0.3, -0.25) is 0 Å². The predicted molar refractivity (Wildman–Crippen MR) is 125 cm³/mol. The molecule has 0 bridgehead atoms. The van der Waals surface area contributed by atoms with Crippen molar-refractivity contribution in [2.75, 3.05) is 19.3 Å². The van der Waals surface area contributed by atoms with Crippen LogP contribution in [0.3, 0.4) is 0 Å². The van der Waals surface area contributed by atoms with Gasteiger partial charge in [0.1, 0.15) is 0 Å². The Morgan fingerprint density at radius 2 is 1.91 bits per heavy atom. The molecule has 1 fully saturated rings. The van der Waals surface area contributed by atoms with Gasteiger partial charge in [-0.05, 0) is 98.8 Å². The first-order valence-electron chi connectivity index (χ1n) is 11.7. The van der Waals surface area contributed by atoms with Crippen LogP contribution in [0.1, 0.15) is 47.9 Å². The van der Waals surface area contributed by atoms with E-state index < -0.39 is 33.8 Å². The van der Waals surface area contributed by atoms with Crippen molar-refractivity contribution in [2.24, 2.45) is 11.8 Å². The van der Waals surface area contributed by atoms with E-state index in [1.54, 1.807) is 19.2 Å². The summed E-state index contributed by atoms with van der Waals surface area (Å²) in [4.78, 5) is 0. The van der Waals surface area contributed by atoms with Crippen LogP contribution in [0.25, 0.3) is 0 Å². The molecule has 2 aliphatic rings. The van der Waals surface area contributed by atoms with Gasteiger partial charge in [-0.15, -0.1) is 0 Å². The second-order valence-electron chi connectivity index (χ2n) is 9.61. The standard InChI is InChI=1S/C25H30F4N2O3S/c1-15(31-35(32,33)14-16-6-7-16)34-24-12-22-18(11-23(24)26)10-19(13-30-2)21(22)9-17-4-3-5-20(8-17)25(27,28)29/h3-5,8,11-12,15-16,19,21,30-31H,6-7,9-10,13-14H2,1-2H3. The zero-order valence-corrected chi connectivity index (χ0v) is 20.5. The fourth-order valence-corrected chi connectivity index (χ4v) is 6.50. The number of hydrogen-bond acceptors (Lipinski definition) is 4. The molecular weight excluding hydrogens is 484 g/mol. The number of halogens is 4. The Balaban J connectivity index is 1.56. The van der Waals surface area contributed by atoms with E-state index in [-0.39, 0.29) is 29.3 Å². The Bertz CT molecular complexity index is 1170. The molecule has 0 spiro atoms. The molecule has 10 heteroatoms. The van der Waals surface area contributed by atoms with Crippen molar-refractivity contribution in [3.05, 3.63) is 64.5 Å². The minimum Gasteiger partial charge on any atom is -0.472 e. The monoisotopic (exact) mass is 514 g/mol. The quantitative estimate of drug-likeness (QED) is 0.359. The first-order chi connectivity index (χ1) is 16.4. The molecule has 35 heavy (non-hydrogen) atoms. The maximum Gasteiger partial charge on any atom is 0.416 e. The fraction of sp³-hybridized carbons (Fsp3) is 0.520. The minimum absolute atomic E-state index is 0.0259. The van der Waals surface area contributed by atoms with Crippen molar-refractivity contribution >= 4 is 10.0 Å². The number of benzene rings is 2. The molecule has 3 unspecified atom stereocenters. The van der Waals surface area contributed by atoms with E-state index in [0.29, 0.717) is 24.9 Å². The van der Waals surface area contributed by atoms with E-state index in [9.17, 15) is 26.0 Å². The van der Waals surface area contributed by atoms with Crippen molar-refractivity contribution in [3.63, 3.8) is 0 Å². The normalized spacial score (nSPS) is 21.1. The summed E-state index contributed by atoms with van der Waals surface area (Å²) < 4.78 is 87.1. The summed E-state index contributed by atoms with van der Waals surface area (Å²) in [5.41, 5.74) is 1.45. The number of nitrogens with one attached hydrogen (secondary N) is 2. The fourth-order valence-electron chi connectivity index (χ4n) is 4.89.